The lowest BCUT2D eigenvalue weighted by Crippen LogP contribution is -2.14. The van der Waals surface area contributed by atoms with Gasteiger partial charge in [0.2, 0.25) is 0 Å². The number of nitrogens with one attached hydrogen (secondary N) is 2. The van der Waals surface area contributed by atoms with E-state index in [-0.39, 0.29) is 5.91 Å². The number of amides is 1. The van der Waals surface area contributed by atoms with Crippen molar-refractivity contribution >= 4 is 39.2 Å². The molecule has 0 atom stereocenters. The second-order valence-corrected chi connectivity index (χ2v) is 5.95. The molecule has 0 spiro atoms. The first-order valence-corrected chi connectivity index (χ1v) is 8.26. The van der Waals surface area contributed by atoms with Crippen molar-refractivity contribution in [2.45, 2.75) is 0 Å². The zero-order valence-corrected chi connectivity index (χ0v) is 14.9. The van der Waals surface area contributed by atoms with Crippen molar-refractivity contribution in [2.24, 2.45) is 0 Å². The number of halogens is 1. The number of carbonyl (C=O) groups excluding carboxylic acids is 1. The van der Waals surface area contributed by atoms with E-state index in [0.29, 0.717) is 17.2 Å². The fourth-order valence-electron chi connectivity index (χ4n) is 2.14. The maximum atomic E-state index is 12.2. The highest BCUT2D eigenvalue weighted by Crippen LogP contribution is 2.21. The predicted molar refractivity (Wildman–Crippen MR) is 100 cm³/mol. The second-order valence-electron chi connectivity index (χ2n) is 5.09. The van der Waals surface area contributed by atoms with Crippen LogP contribution in [-0.4, -0.2) is 23.2 Å². The minimum absolute atomic E-state index is 0.254. The van der Waals surface area contributed by atoms with Gasteiger partial charge >= 0.3 is 0 Å². The molecule has 0 aliphatic heterocycles. The Morgan fingerprint density at radius 1 is 1.00 bits per heavy atom. The van der Waals surface area contributed by atoms with Crippen LogP contribution in [0.3, 0.4) is 0 Å². The summed E-state index contributed by atoms with van der Waals surface area (Å²) < 4.78 is 5.90. The first-order chi connectivity index (χ1) is 12.2. The molecule has 2 N–H and O–H groups in total. The zero-order chi connectivity index (χ0) is 17.6. The number of nitrogens with zero attached hydrogens (tertiary/aromatic N) is 2. The van der Waals surface area contributed by atoms with Crippen LogP contribution in [0.15, 0.2) is 65.1 Å². The molecule has 0 fully saturated rings. The Balaban J connectivity index is 1.68. The first kappa shape index (κ1) is 16.9. The Morgan fingerprint density at radius 2 is 1.76 bits per heavy atom. The van der Waals surface area contributed by atoms with Crippen molar-refractivity contribution in [1.29, 1.82) is 0 Å². The molecule has 0 bridgehead atoms. The molecule has 2 aromatic carbocycles. The van der Waals surface area contributed by atoms with Crippen molar-refractivity contribution in [2.75, 3.05) is 17.7 Å². The molecule has 25 heavy (non-hydrogen) atoms. The zero-order valence-electron chi connectivity index (χ0n) is 13.4. The lowest BCUT2D eigenvalue weighted by Gasteiger charge is -2.08. The second kappa shape index (κ2) is 7.76. The highest BCUT2D eigenvalue weighted by atomic mass is 79.9. The van der Waals surface area contributed by atoms with E-state index in [1.54, 1.807) is 31.4 Å². The summed E-state index contributed by atoms with van der Waals surface area (Å²) in [7, 11) is 1.61. The van der Waals surface area contributed by atoms with Gasteiger partial charge in [-0.2, -0.15) is 0 Å². The number of methoxy groups -OCH3 is 1. The summed E-state index contributed by atoms with van der Waals surface area (Å²) in [5, 5.41) is 13.9. The topological polar surface area (TPSA) is 76.1 Å². The predicted octanol–water partition coefficient (Wildman–Crippen LogP) is 4.24. The molecule has 0 aliphatic rings. The van der Waals surface area contributed by atoms with Crippen molar-refractivity contribution < 1.29 is 9.53 Å². The molecular weight excluding hydrogens is 384 g/mol. The third kappa shape index (κ3) is 4.33. The number of benzene rings is 2. The summed E-state index contributed by atoms with van der Waals surface area (Å²) in [6.45, 7) is 0. The minimum Gasteiger partial charge on any atom is -0.497 e. The van der Waals surface area contributed by atoms with E-state index in [9.17, 15) is 4.79 Å². The van der Waals surface area contributed by atoms with E-state index < -0.39 is 0 Å². The van der Waals surface area contributed by atoms with Gasteiger partial charge in [-0.1, -0.05) is 18.2 Å². The van der Waals surface area contributed by atoms with E-state index in [2.05, 4.69) is 36.8 Å². The molecule has 3 aromatic rings. The fraction of sp³-hybridized carbons (Fsp3) is 0.0556. The van der Waals surface area contributed by atoms with Gasteiger partial charge in [0.25, 0.3) is 5.91 Å². The third-order valence-corrected chi connectivity index (χ3v) is 4.06. The molecule has 1 amide bonds. The minimum atomic E-state index is -0.254. The molecule has 0 saturated heterocycles. The number of aromatic nitrogens is 2. The number of hydrogen-bond donors (Lipinski definition) is 2. The molecule has 7 heteroatoms. The van der Waals surface area contributed by atoms with Crippen molar-refractivity contribution in [3.63, 3.8) is 0 Å². The monoisotopic (exact) mass is 398 g/mol. The smallest absolute Gasteiger partial charge is 0.258 e. The number of carbonyl (C=O) groups is 1. The van der Waals surface area contributed by atoms with Crippen molar-refractivity contribution in [1.82, 2.24) is 10.2 Å². The van der Waals surface area contributed by atoms with Gasteiger partial charge in [-0.25, -0.2) is 0 Å². The number of rotatable bonds is 5. The highest BCUT2D eigenvalue weighted by molar-refractivity contribution is 9.10. The van der Waals surface area contributed by atoms with Crippen LogP contribution in [0.2, 0.25) is 0 Å². The number of anilines is 3. The van der Waals surface area contributed by atoms with Gasteiger partial charge in [0.15, 0.2) is 11.6 Å². The molecule has 126 valence electrons. The molecular formula is C18H15BrN4O2. The van der Waals surface area contributed by atoms with Crippen molar-refractivity contribution in [3.05, 3.63) is 70.7 Å². The standard InChI is InChI=1S/C18H15BrN4O2/c1-25-13-6-4-5-12(11-13)20-16-9-10-17(23-22-16)21-18(24)14-7-2-3-8-15(14)19/h2-11H,1H3,(H,20,22)(H,21,23,24). The lowest BCUT2D eigenvalue weighted by atomic mass is 10.2. The summed E-state index contributed by atoms with van der Waals surface area (Å²) >= 11 is 3.35. The fourth-order valence-corrected chi connectivity index (χ4v) is 2.61. The van der Waals surface area contributed by atoms with E-state index >= 15 is 0 Å². The van der Waals surface area contributed by atoms with Gasteiger partial charge in [0.1, 0.15) is 5.75 Å². The molecule has 0 aliphatic carbocycles. The molecule has 1 heterocycles. The molecule has 0 unspecified atom stereocenters. The van der Waals surface area contributed by atoms with Gasteiger partial charge in [-0.15, -0.1) is 10.2 Å². The van der Waals surface area contributed by atoms with Crippen LogP contribution in [-0.2, 0) is 0 Å². The van der Waals surface area contributed by atoms with Crippen LogP contribution < -0.4 is 15.4 Å². The maximum Gasteiger partial charge on any atom is 0.258 e. The SMILES string of the molecule is COc1cccc(Nc2ccc(NC(=O)c3ccccc3Br)nn2)c1. The first-order valence-electron chi connectivity index (χ1n) is 7.46. The van der Waals surface area contributed by atoms with E-state index in [1.165, 1.54) is 0 Å². The summed E-state index contributed by atoms with van der Waals surface area (Å²) in [6, 6.07) is 18.1. The normalized spacial score (nSPS) is 10.2. The Labute approximate surface area is 153 Å². The van der Waals surface area contributed by atoms with E-state index in [1.807, 2.05) is 36.4 Å². The molecule has 3 rings (SSSR count). The van der Waals surface area contributed by atoms with Gasteiger partial charge in [0.05, 0.1) is 12.7 Å². The number of hydrogen-bond acceptors (Lipinski definition) is 5. The Bertz CT molecular complexity index is 884. The maximum absolute atomic E-state index is 12.2. The summed E-state index contributed by atoms with van der Waals surface area (Å²) in [4.78, 5) is 12.2. The van der Waals surface area contributed by atoms with Crippen LogP contribution in [0.5, 0.6) is 5.75 Å². The van der Waals surface area contributed by atoms with Crippen molar-refractivity contribution in [3.8, 4) is 5.75 Å². The van der Waals surface area contributed by atoms with Crippen LogP contribution in [0, 0.1) is 0 Å². The highest BCUT2D eigenvalue weighted by Gasteiger charge is 2.10. The molecule has 0 saturated carbocycles. The van der Waals surface area contributed by atoms with Gasteiger partial charge in [-0.05, 0) is 52.3 Å². The molecule has 0 radical (unpaired) electrons. The van der Waals surface area contributed by atoms with Crippen LogP contribution in [0.1, 0.15) is 10.4 Å². The Kier molecular flexibility index (Phi) is 5.25. The van der Waals surface area contributed by atoms with Crippen LogP contribution in [0.25, 0.3) is 0 Å². The van der Waals surface area contributed by atoms with E-state index in [0.717, 1.165) is 15.9 Å². The van der Waals surface area contributed by atoms with Gasteiger partial charge in [0, 0.05) is 16.2 Å². The van der Waals surface area contributed by atoms with Gasteiger partial charge < -0.3 is 15.4 Å². The lowest BCUT2D eigenvalue weighted by molar-refractivity contribution is 0.102. The average molecular weight is 399 g/mol. The largest absolute Gasteiger partial charge is 0.497 e. The van der Waals surface area contributed by atoms with Crippen LogP contribution in [0.4, 0.5) is 17.3 Å². The van der Waals surface area contributed by atoms with Crippen LogP contribution >= 0.6 is 15.9 Å². The summed E-state index contributed by atoms with van der Waals surface area (Å²) in [5.41, 5.74) is 1.36. The summed E-state index contributed by atoms with van der Waals surface area (Å²) in [6.07, 6.45) is 0. The molecule has 6 nitrogen and oxygen atoms in total. The third-order valence-electron chi connectivity index (χ3n) is 3.37. The summed E-state index contributed by atoms with van der Waals surface area (Å²) in [5.74, 6) is 1.43. The molecule has 1 aromatic heterocycles. The average Bonchev–Trinajstić information content (AvgIpc) is 2.64. The van der Waals surface area contributed by atoms with Gasteiger partial charge in [-0.3, -0.25) is 4.79 Å². The Morgan fingerprint density at radius 3 is 2.48 bits per heavy atom. The van der Waals surface area contributed by atoms with E-state index in [4.69, 9.17) is 4.74 Å². The number of ether oxygens (including phenoxy) is 1. The Hall–Kier alpha value is -2.93. The quantitative estimate of drug-likeness (QED) is 0.671.